The summed E-state index contributed by atoms with van der Waals surface area (Å²) < 4.78 is 13.4. The van der Waals surface area contributed by atoms with E-state index in [4.69, 9.17) is 0 Å². The third-order valence-corrected chi connectivity index (χ3v) is 2.11. The molecule has 2 aromatic heterocycles. The minimum absolute atomic E-state index is 0.333. The Morgan fingerprint density at radius 3 is 2.82 bits per heavy atom. The maximum Gasteiger partial charge on any atom is 0.224 e. The van der Waals surface area contributed by atoms with E-state index in [0.29, 0.717) is 17.5 Å². The van der Waals surface area contributed by atoms with Gasteiger partial charge in [-0.3, -0.25) is 4.98 Å². The van der Waals surface area contributed by atoms with Crippen LogP contribution in [0, 0.1) is 12.7 Å². The molecular weight excluding hydrogens is 221 g/mol. The summed E-state index contributed by atoms with van der Waals surface area (Å²) in [6, 6.07) is 3.28. The highest BCUT2D eigenvalue weighted by atomic mass is 19.1. The van der Waals surface area contributed by atoms with Gasteiger partial charge in [0.2, 0.25) is 5.95 Å². The van der Waals surface area contributed by atoms with Gasteiger partial charge in [-0.25, -0.2) is 9.37 Å². The van der Waals surface area contributed by atoms with Crippen LogP contribution >= 0.6 is 0 Å². The molecule has 0 saturated carbocycles. The van der Waals surface area contributed by atoms with Crippen LogP contribution in [0.1, 0.15) is 5.69 Å². The first kappa shape index (κ1) is 11.3. The molecule has 0 fully saturated rings. The van der Waals surface area contributed by atoms with Crippen LogP contribution in [0.5, 0.6) is 0 Å². The molecule has 88 valence electrons. The Labute approximate surface area is 98.1 Å². The van der Waals surface area contributed by atoms with Crippen LogP contribution < -0.4 is 10.6 Å². The van der Waals surface area contributed by atoms with Crippen molar-refractivity contribution in [3.8, 4) is 0 Å². The molecule has 0 bridgehead atoms. The topological polar surface area (TPSA) is 62.7 Å². The van der Waals surface area contributed by atoms with Crippen LogP contribution in [0.25, 0.3) is 0 Å². The summed E-state index contributed by atoms with van der Waals surface area (Å²) in [5, 5.41) is 5.72. The van der Waals surface area contributed by atoms with Gasteiger partial charge in [-0.15, -0.1) is 0 Å². The second-order valence-electron chi connectivity index (χ2n) is 3.45. The highest BCUT2D eigenvalue weighted by Crippen LogP contribution is 2.18. The Bertz CT molecular complexity index is 529. The maximum absolute atomic E-state index is 13.4. The number of rotatable bonds is 3. The summed E-state index contributed by atoms with van der Waals surface area (Å²) in [5.74, 6) is 0.601. The lowest BCUT2D eigenvalue weighted by molar-refractivity contribution is 0.625. The van der Waals surface area contributed by atoms with E-state index in [9.17, 15) is 4.39 Å². The van der Waals surface area contributed by atoms with Gasteiger partial charge in [0.25, 0.3) is 0 Å². The molecule has 2 rings (SSSR count). The number of hydrogen-bond acceptors (Lipinski definition) is 5. The van der Waals surface area contributed by atoms with Gasteiger partial charge >= 0.3 is 0 Å². The average molecular weight is 233 g/mol. The number of nitrogens with zero attached hydrogens (tertiary/aromatic N) is 3. The number of pyridine rings is 1. The van der Waals surface area contributed by atoms with Gasteiger partial charge < -0.3 is 10.6 Å². The lowest BCUT2D eigenvalue weighted by Gasteiger charge is -2.08. The fourth-order valence-corrected chi connectivity index (χ4v) is 1.36. The molecule has 2 aromatic rings. The molecule has 0 spiro atoms. The molecule has 2 N–H and O–H groups in total. The summed E-state index contributed by atoms with van der Waals surface area (Å²) in [6.45, 7) is 1.84. The minimum atomic E-state index is -0.422. The first-order valence-electron chi connectivity index (χ1n) is 5.09. The molecule has 0 amide bonds. The van der Waals surface area contributed by atoms with Crippen LogP contribution in [0.4, 0.5) is 21.8 Å². The monoisotopic (exact) mass is 233 g/mol. The van der Waals surface area contributed by atoms with Crippen molar-refractivity contribution in [1.29, 1.82) is 0 Å². The SMILES string of the molecule is CNc1nc(C)cc(Nc2ccncc2F)n1. The van der Waals surface area contributed by atoms with Gasteiger partial charge in [0.15, 0.2) is 5.82 Å². The van der Waals surface area contributed by atoms with Gasteiger partial charge in [-0.1, -0.05) is 0 Å². The molecule has 0 aliphatic heterocycles. The van der Waals surface area contributed by atoms with Crippen molar-refractivity contribution < 1.29 is 4.39 Å². The van der Waals surface area contributed by atoms with E-state index in [1.165, 1.54) is 6.20 Å². The van der Waals surface area contributed by atoms with Gasteiger partial charge in [0.05, 0.1) is 11.9 Å². The van der Waals surface area contributed by atoms with E-state index in [-0.39, 0.29) is 0 Å². The van der Waals surface area contributed by atoms with Crippen molar-refractivity contribution in [3.05, 3.63) is 36.0 Å². The molecule has 0 radical (unpaired) electrons. The van der Waals surface area contributed by atoms with E-state index in [2.05, 4.69) is 25.6 Å². The van der Waals surface area contributed by atoms with Crippen LogP contribution in [0.15, 0.2) is 24.5 Å². The lowest BCUT2D eigenvalue weighted by Crippen LogP contribution is -2.02. The number of halogens is 1. The quantitative estimate of drug-likeness (QED) is 0.850. The summed E-state index contributed by atoms with van der Waals surface area (Å²) in [4.78, 5) is 12.0. The molecule has 5 nitrogen and oxygen atoms in total. The van der Waals surface area contributed by atoms with E-state index >= 15 is 0 Å². The zero-order chi connectivity index (χ0) is 12.3. The van der Waals surface area contributed by atoms with E-state index < -0.39 is 5.82 Å². The predicted molar refractivity (Wildman–Crippen MR) is 63.8 cm³/mol. The Morgan fingerprint density at radius 2 is 2.12 bits per heavy atom. The Balaban J connectivity index is 2.30. The zero-order valence-corrected chi connectivity index (χ0v) is 9.53. The summed E-state index contributed by atoms with van der Waals surface area (Å²) in [6.07, 6.45) is 2.66. The Hall–Kier alpha value is -2.24. The highest BCUT2D eigenvalue weighted by Gasteiger charge is 2.04. The zero-order valence-electron chi connectivity index (χ0n) is 9.53. The van der Waals surface area contributed by atoms with E-state index in [0.717, 1.165) is 11.9 Å². The molecule has 0 aliphatic carbocycles. The van der Waals surface area contributed by atoms with Crippen molar-refractivity contribution in [2.45, 2.75) is 6.92 Å². The molecule has 0 saturated heterocycles. The molecule has 0 atom stereocenters. The summed E-state index contributed by atoms with van der Waals surface area (Å²) in [7, 11) is 1.73. The standard InChI is InChI=1S/C11H12FN5/c1-7-5-10(17-11(13-2)15-7)16-9-3-4-14-6-8(9)12/h3-6H,1-2H3,(H2,13,14,15,16,17). The second kappa shape index (κ2) is 4.73. The van der Waals surface area contributed by atoms with Crippen molar-refractivity contribution in [1.82, 2.24) is 15.0 Å². The molecule has 0 aromatic carbocycles. The highest BCUT2D eigenvalue weighted by molar-refractivity contribution is 5.57. The van der Waals surface area contributed by atoms with Crippen molar-refractivity contribution >= 4 is 17.5 Å². The molecule has 17 heavy (non-hydrogen) atoms. The fourth-order valence-electron chi connectivity index (χ4n) is 1.36. The van der Waals surface area contributed by atoms with Crippen LogP contribution in [-0.2, 0) is 0 Å². The Morgan fingerprint density at radius 1 is 1.29 bits per heavy atom. The number of hydrogen-bond donors (Lipinski definition) is 2. The maximum atomic E-state index is 13.4. The molecule has 0 unspecified atom stereocenters. The minimum Gasteiger partial charge on any atom is -0.357 e. The van der Waals surface area contributed by atoms with Crippen LogP contribution in [0.3, 0.4) is 0 Å². The lowest BCUT2D eigenvalue weighted by atomic mass is 10.3. The first-order chi connectivity index (χ1) is 8.19. The smallest absolute Gasteiger partial charge is 0.224 e. The number of anilines is 3. The van der Waals surface area contributed by atoms with Gasteiger partial charge in [-0.05, 0) is 13.0 Å². The normalized spacial score (nSPS) is 10.1. The van der Waals surface area contributed by atoms with Crippen molar-refractivity contribution in [2.75, 3.05) is 17.7 Å². The molecule has 6 heteroatoms. The largest absolute Gasteiger partial charge is 0.357 e. The predicted octanol–water partition coefficient (Wildman–Crippen LogP) is 2.10. The van der Waals surface area contributed by atoms with E-state index in [1.54, 1.807) is 19.2 Å². The number of nitrogens with one attached hydrogen (secondary N) is 2. The van der Waals surface area contributed by atoms with Gasteiger partial charge in [0, 0.05) is 25.0 Å². The number of aromatic nitrogens is 3. The van der Waals surface area contributed by atoms with Gasteiger partial charge in [0.1, 0.15) is 5.82 Å². The second-order valence-corrected chi connectivity index (χ2v) is 3.45. The third-order valence-electron chi connectivity index (χ3n) is 2.11. The molecular formula is C11H12FN5. The molecule has 0 aliphatic rings. The summed E-state index contributed by atoms with van der Waals surface area (Å²) in [5.41, 5.74) is 1.13. The molecule has 2 heterocycles. The van der Waals surface area contributed by atoms with Gasteiger partial charge in [-0.2, -0.15) is 4.98 Å². The Kier molecular flexibility index (Phi) is 3.13. The van der Waals surface area contributed by atoms with Crippen LogP contribution in [0.2, 0.25) is 0 Å². The summed E-state index contributed by atoms with van der Waals surface area (Å²) >= 11 is 0. The van der Waals surface area contributed by atoms with Crippen LogP contribution in [-0.4, -0.2) is 22.0 Å². The average Bonchev–Trinajstić information content (AvgIpc) is 2.31. The first-order valence-corrected chi connectivity index (χ1v) is 5.09. The fraction of sp³-hybridized carbons (Fsp3) is 0.182. The van der Waals surface area contributed by atoms with Crippen molar-refractivity contribution in [2.24, 2.45) is 0 Å². The van der Waals surface area contributed by atoms with Crippen molar-refractivity contribution in [3.63, 3.8) is 0 Å². The third kappa shape index (κ3) is 2.66. The number of aryl methyl sites for hydroxylation is 1. The van der Waals surface area contributed by atoms with E-state index in [1.807, 2.05) is 6.92 Å².